The fourth-order valence-corrected chi connectivity index (χ4v) is 4.27. The van der Waals surface area contributed by atoms with Gasteiger partial charge in [0.2, 0.25) is 5.95 Å². The molecule has 1 aliphatic carbocycles. The Bertz CT molecular complexity index is 1200. The van der Waals surface area contributed by atoms with Gasteiger partial charge in [0.15, 0.2) is 0 Å². The predicted octanol–water partition coefficient (Wildman–Crippen LogP) is 3.15. The van der Waals surface area contributed by atoms with Gasteiger partial charge in [0.25, 0.3) is 0 Å². The van der Waals surface area contributed by atoms with Crippen molar-refractivity contribution >= 4 is 11.9 Å². The fourth-order valence-electron chi connectivity index (χ4n) is 4.27. The minimum absolute atomic E-state index is 0.118. The van der Waals surface area contributed by atoms with E-state index in [2.05, 4.69) is 25.3 Å². The number of hydrogen-bond donors (Lipinski definition) is 1. The van der Waals surface area contributed by atoms with Crippen molar-refractivity contribution in [2.75, 3.05) is 11.9 Å². The van der Waals surface area contributed by atoms with Gasteiger partial charge in [-0.1, -0.05) is 19.1 Å². The maximum Gasteiger partial charge on any atom is 0.306 e. The first-order valence-electron chi connectivity index (χ1n) is 11.9. The third-order valence-electron chi connectivity index (χ3n) is 6.31. The van der Waals surface area contributed by atoms with Crippen molar-refractivity contribution in [3.63, 3.8) is 0 Å². The van der Waals surface area contributed by atoms with Gasteiger partial charge in [-0.2, -0.15) is 4.98 Å². The fraction of sp³-hybridized carbons (Fsp3) is 0.542. The van der Waals surface area contributed by atoms with Crippen molar-refractivity contribution in [3.8, 4) is 17.1 Å². The van der Waals surface area contributed by atoms with E-state index in [0.29, 0.717) is 42.5 Å². The van der Waals surface area contributed by atoms with Crippen molar-refractivity contribution < 1.29 is 14.6 Å². The Morgan fingerprint density at radius 1 is 1.26 bits per heavy atom. The van der Waals surface area contributed by atoms with E-state index in [1.54, 1.807) is 4.68 Å². The molecule has 0 unspecified atom stereocenters. The summed E-state index contributed by atoms with van der Waals surface area (Å²) in [4.78, 5) is 31.2. The van der Waals surface area contributed by atoms with Gasteiger partial charge in [0.1, 0.15) is 23.6 Å². The molecule has 35 heavy (non-hydrogen) atoms. The number of hydrogen-bond acceptors (Lipinski definition) is 9. The molecule has 11 nitrogen and oxygen atoms in total. The second-order valence-electron chi connectivity index (χ2n) is 9.38. The van der Waals surface area contributed by atoms with E-state index in [0.717, 1.165) is 30.1 Å². The number of carbonyl (C=O) groups is 1. The summed E-state index contributed by atoms with van der Waals surface area (Å²) < 4.78 is 7.88. The zero-order valence-corrected chi connectivity index (χ0v) is 20.8. The van der Waals surface area contributed by atoms with E-state index >= 15 is 0 Å². The highest BCUT2D eigenvalue weighted by Crippen LogP contribution is 2.30. The zero-order chi connectivity index (χ0) is 25.1. The molecule has 0 aromatic carbocycles. The molecule has 1 fully saturated rings. The van der Waals surface area contributed by atoms with Gasteiger partial charge in [-0.3, -0.25) is 4.79 Å². The molecular weight excluding hydrogens is 448 g/mol. The lowest BCUT2D eigenvalue weighted by molar-refractivity contribution is -0.143. The van der Waals surface area contributed by atoms with Crippen LogP contribution in [0.2, 0.25) is 0 Å². The molecule has 3 heterocycles. The standard InChI is InChI=1S/C24H32N8O3/c1-14(2)22-25-13-26-24(28-22)31(4)12-19-21(29-30-32(19)5)18-9-10-20(15(3)27-18)35-17-8-6-7-16(11-17)23(33)34/h9-10,13-14,16-17H,6-8,11-12H2,1-5H3,(H,33,34)/t16-,17-/m0/s1. The third-order valence-corrected chi connectivity index (χ3v) is 6.31. The summed E-state index contributed by atoms with van der Waals surface area (Å²) in [5.41, 5.74) is 2.97. The lowest BCUT2D eigenvalue weighted by Crippen LogP contribution is -2.29. The molecule has 3 aromatic heterocycles. The van der Waals surface area contributed by atoms with Crippen LogP contribution >= 0.6 is 0 Å². The average molecular weight is 481 g/mol. The van der Waals surface area contributed by atoms with Crippen LogP contribution in [-0.2, 0) is 18.4 Å². The first-order valence-corrected chi connectivity index (χ1v) is 11.9. The van der Waals surface area contributed by atoms with Crippen LogP contribution in [0.4, 0.5) is 5.95 Å². The summed E-state index contributed by atoms with van der Waals surface area (Å²) in [6, 6.07) is 3.75. The van der Waals surface area contributed by atoms with E-state index in [4.69, 9.17) is 9.72 Å². The normalized spacial score (nSPS) is 18.0. The predicted molar refractivity (Wildman–Crippen MR) is 129 cm³/mol. The number of aromatic nitrogens is 7. The summed E-state index contributed by atoms with van der Waals surface area (Å²) in [5.74, 6) is 1.10. The number of aryl methyl sites for hydroxylation is 2. The minimum Gasteiger partial charge on any atom is -0.489 e. The highest BCUT2D eigenvalue weighted by molar-refractivity contribution is 5.70. The summed E-state index contributed by atoms with van der Waals surface area (Å²) in [6.07, 6.45) is 4.34. The Morgan fingerprint density at radius 2 is 2.06 bits per heavy atom. The Kier molecular flexibility index (Phi) is 7.23. The molecule has 4 rings (SSSR count). The van der Waals surface area contributed by atoms with E-state index in [9.17, 15) is 9.90 Å². The number of nitrogens with zero attached hydrogens (tertiary/aromatic N) is 8. The highest BCUT2D eigenvalue weighted by atomic mass is 16.5. The van der Waals surface area contributed by atoms with Crippen LogP contribution in [0.15, 0.2) is 18.5 Å². The molecule has 186 valence electrons. The second kappa shape index (κ2) is 10.3. The quantitative estimate of drug-likeness (QED) is 0.513. The number of ether oxygens (including phenoxy) is 1. The Labute approximate surface area is 204 Å². The molecule has 1 N–H and O–H groups in total. The van der Waals surface area contributed by atoms with Gasteiger partial charge in [0, 0.05) is 20.0 Å². The van der Waals surface area contributed by atoms with Crippen LogP contribution < -0.4 is 9.64 Å². The summed E-state index contributed by atoms with van der Waals surface area (Å²) in [6.45, 7) is 6.46. The average Bonchev–Trinajstić information content (AvgIpc) is 3.20. The SMILES string of the molecule is Cc1nc(-c2nnn(C)c2CN(C)c2ncnc(C(C)C)n2)ccc1O[C@H]1CCC[C@H](C(=O)O)C1. The molecule has 3 aromatic rings. The zero-order valence-electron chi connectivity index (χ0n) is 20.8. The molecule has 11 heteroatoms. The van der Waals surface area contributed by atoms with Crippen molar-refractivity contribution in [2.45, 2.75) is 65.0 Å². The summed E-state index contributed by atoms with van der Waals surface area (Å²) in [5, 5.41) is 17.9. The van der Waals surface area contributed by atoms with Crippen LogP contribution in [-0.4, -0.2) is 59.2 Å². The number of aliphatic carboxylic acids is 1. The number of rotatable bonds is 8. The lowest BCUT2D eigenvalue weighted by Gasteiger charge is -2.27. The molecule has 0 spiro atoms. The monoisotopic (exact) mass is 480 g/mol. The number of pyridine rings is 1. The molecule has 0 bridgehead atoms. The van der Waals surface area contributed by atoms with Gasteiger partial charge in [-0.15, -0.1) is 5.10 Å². The van der Waals surface area contributed by atoms with Gasteiger partial charge in [0.05, 0.1) is 35.6 Å². The second-order valence-corrected chi connectivity index (χ2v) is 9.38. The van der Waals surface area contributed by atoms with E-state index in [1.165, 1.54) is 6.33 Å². The Balaban J connectivity index is 1.52. The van der Waals surface area contributed by atoms with Crippen molar-refractivity contribution in [1.82, 2.24) is 34.9 Å². The maximum atomic E-state index is 11.4. The molecule has 0 saturated heterocycles. The van der Waals surface area contributed by atoms with Gasteiger partial charge >= 0.3 is 5.97 Å². The van der Waals surface area contributed by atoms with Crippen LogP contribution in [0.1, 0.15) is 62.7 Å². The van der Waals surface area contributed by atoms with Crippen molar-refractivity contribution in [2.24, 2.45) is 13.0 Å². The first-order chi connectivity index (χ1) is 16.7. The molecular formula is C24H32N8O3. The smallest absolute Gasteiger partial charge is 0.306 e. The Morgan fingerprint density at radius 3 is 2.77 bits per heavy atom. The number of carboxylic acids is 1. The highest BCUT2D eigenvalue weighted by Gasteiger charge is 2.28. The van der Waals surface area contributed by atoms with Gasteiger partial charge in [-0.25, -0.2) is 19.6 Å². The molecule has 1 aliphatic rings. The molecule has 0 amide bonds. The summed E-state index contributed by atoms with van der Waals surface area (Å²) in [7, 11) is 3.76. The van der Waals surface area contributed by atoms with Crippen LogP contribution in [0.25, 0.3) is 11.4 Å². The largest absolute Gasteiger partial charge is 0.489 e. The number of anilines is 1. The van der Waals surface area contributed by atoms with Crippen LogP contribution in [0.5, 0.6) is 5.75 Å². The van der Waals surface area contributed by atoms with Crippen molar-refractivity contribution in [3.05, 3.63) is 35.7 Å². The van der Waals surface area contributed by atoms with Gasteiger partial charge < -0.3 is 14.7 Å². The molecule has 2 atom stereocenters. The molecule has 0 radical (unpaired) electrons. The molecule has 1 saturated carbocycles. The molecule has 0 aliphatic heterocycles. The number of carboxylic acid groups (broad SMARTS) is 1. The van der Waals surface area contributed by atoms with E-state index in [1.807, 2.05) is 51.9 Å². The maximum absolute atomic E-state index is 11.4. The van der Waals surface area contributed by atoms with Crippen molar-refractivity contribution in [1.29, 1.82) is 0 Å². The summed E-state index contributed by atoms with van der Waals surface area (Å²) >= 11 is 0. The topological polar surface area (TPSA) is 132 Å². The van der Waals surface area contributed by atoms with E-state index in [-0.39, 0.29) is 17.9 Å². The Hall–Kier alpha value is -3.63. The van der Waals surface area contributed by atoms with Crippen LogP contribution in [0, 0.1) is 12.8 Å². The minimum atomic E-state index is -0.749. The third kappa shape index (κ3) is 5.55. The van der Waals surface area contributed by atoms with E-state index < -0.39 is 5.97 Å². The van der Waals surface area contributed by atoms with Crippen LogP contribution in [0.3, 0.4) is 0 Å². The van der Waals surface area contributed by atoms with Gasteiger partial charge in [-0.05, 0) is 44.7 Å². The first kappa shape index (κ1) is 24.5. The lowest BCUT2D eigenvalue weighted by atomic mass is 9.87.